The molecule has 2 aliphatic rings. The van der Waals surface area contributed by atoms with E-state index < -0.39 is 12.2 Å². The minimum Gasteiger partial charge on any atom is -0.387 e. The van der Waals surface area contributed by atoms with Crippen LogP contribution in [0.15, 0.2) is 60.7 Å². The summed E-state index contributed by atoms with van der Waals surface area (Å²) >= 11 is 0. The fourth-order valence-electron chi connectivity index (χ4n) is 4.42. The summed E-state index contributed by atoms with van der Waals surface area (Å²) in [5.41, 5.74) is 1.83. The second kappa shape index (κ2) is 4.58. The molecular formula is C22H16O3. The van der Waals surface area contributed by atoms with Gasteiger partial charge in [-0.05, 0) is 55.6 Å². The molecule has 3 nitrogen and oxygen atoms in total. The van der Waals surface area contributed by atoms with E-state index in [9.17, 15) is 10.2 Å². The zero-order chi connectivity index (χ0) is 16.7. The molecule has 1 aliphatic heterocycles. The molecule has 0 saturated carbocycles. The molecular weight excluding hydrogens is 312 g/mol. The highest BCUT2D eigenvalue weighted by molar-refractivity contribution is 6.12. The molecule has 122 valence electrons. The second-order valence-corrected chi connectivity index (χ2v) is 7.11. The van der Waals surface area contributed by atoms with Gasteiger partial charge in [0.25, 0.3) is 0 Å². The predicted molar refractivity (Wildman–Crippen MR) is 97.5 cm³/mol. The van der Waals surface area contributed by atoms with E-state index in [1.54, 1.807) is 0 Å². The van der Waals surface area contributed by atoms with Crippen molar-refractivity contribution in [3.8, 4) is 0 Å². The Morgan fingerprint density at radius 2 is 1.44 bits per heavy atom. The minimum absolute atomic E-state index is 0.102. The summed E-state index contributed by atoms with van der Waals surface area (Å²) in [6, 6.07) is 21.1. The Balaban J connectivity index is 1.72. The summed E-state index contributed by atoms with van der Waals surface area (Å²) in [6.07, 6.45) is -2.09. The number of epoxide rings is 1. The van der Waals surface area contributed by atoms with E-state index in [2.05, 4.69) is 48.5 Å². The molecule has 1 fully saturated rings. The first-order valence-electron chi connectivity index (χ1n) is 8.62. The number of ether oxygens (including phenoxy) is 1. The summed E-state index contributed by atoms with van der Waals surface area (Å²) in [5.74, 6) is 0. The van der Waals surface area contributed by atoms with Crippen molar-refractivity contribution in [2.75, 3.05) is 0 Å². The molecule has 0 unspecified atom stereocenters. The van der Waals surface area contributed by atoms with Gasteiger partial charge in [-0.3, -0.25) is 0 Å². The Morgan fingerprint density at radius 1 is 0.720 bits per heavy atom. The zero-order valence-corrected chi connectivity index (χ0v) is 13.4. The first-order valence-corrected chi connectivity index (χ1v) is 8.62. The molecule has 2 N–H and O–H groups in total. The van der Waals surface area contributed by atoms with Gasteiger partial charge in [0, 0.05) is 0 Å². The summed E-state index contributed by atoms with van der Waals surface area (Å²) in [7, 11) is 0. The van der Waals surface area contributed by atoms with Crippen molar-refractivity contribution in [2.24, 2.45) is 0 Å². The van der Waals surface area contributed by atoms with Gasteiger partial charge in [0.15, 0.2) is 0 Å². The molecule has 0 amide bonds. The van der Waals surface area contributed by atoms with Crippen molar-refractivity contribution < 1.29 is 14.9 Å². The third-order valence-corrected chi connectivity index (χ3v) is 5.75. The Bertz CT molecular complexity index is 1180. The SMILES string of the molecule is O[C@H]1[C@H]2O[C@H]2c2c(ccc3cc4c(ccc5ccccc54)cc23)[C@@H]1O. The van der Waals surface area contributed by atoms with E-state index in [-0.39, 0.29) is 12.2 Å². The Labute approximate surface area is 144 Å². The van der Waals surface area contributed by atoms with Crippen LogP contribution in [0.2, 0.25) is 0 Å². The monoisotopic (exact) mass is 328 g/mol. The highest BCUT2D eigenvalue weighted by Gasteiger charge is 2.54. The normalized spacial score (nSPS) is 27.4. The van der Waals surface area contributed by atoms with Crippen LogP contribution in [0.25, 0.3) is 32.3 Å². The van der Waals surface area contributed by atoms with Gasteiger partial charge in [0.2, 0.25) is 0 Å². The van der Waals surface area contributed by atoms with E-state index >= 15 is 0 Å². The molecule has 1 heterocycles. The smallest absolute Gasteiger partial charge is 0.118 e. The first-order chi connectivity index (χ1) is 12.2. The van der Waals surface area contributed by atoms with Gasteiger partial charge in [0.05, 0.1) is 0 Å². The molecule has 4 aromatic carbocycles. The molecule has 1 aliphatic carbocycles. The van der Waals surface area contributed by atoms with Crippen molar-refractivity contribution in [2.45, 2.75) is 24.4 Å². The van der Waals surface area contributed by atoms with Crippen molar-refractivity contribution >= 4 is 32.3 Å². The maximum Gasteiger partial charge on any atom is 0.118 e. The van der Waals surface area contributed by atoms with Crippen LogP contribution >= 0.6 is 0 Å². The largest absolute Gasteiger partial charge is 0.387 e. The maximum absolute atomic E-state index is 10.4. The number of rotatable bonds is 0. The highest BCUT2D eigenvalue weighted by atomic mass is 16.6. The number of aliphatic hydroxyl groups is 2. The summed E-state index contributed by atoms with van der Waals surface area (Å²) < 4.78 is 5.67. The summed E-state index contributed by atoms with van der Waals surface area (Å²) in [5, 5.41) is 27.7. The predicted octanol–water partition coefficient (Wildman–Crippen LogP) is 3.99. The molecule has 0 aromatic heterocycles. The van der Waals surface area contributed by atoms with Crippen molar-refractivity contribution in [3.63, 3.8) is 0 Å². The van der Waals surface area contributed by atoms with Gasteiger partial charge in [-0.2, -0.15) is 0 Å². The van der Waals surface area contributed by atoms with Crippen LogP contribution in [-0.2, 0) is 4.74 Å². The lowest BCUT2D eigenvalue weighted by atomic mass is 9.83. The number of hydrogen-bond donors (Lipinski definition) is 2. The molecule has 4 aromatic rings. The third kappa shape index (κ3) is 1.75. The average Bonchev–Trinajstić information content (AvgIpc) is 3.44. The van der Waals surface area contributed by atoms with Crippen LogP contribution in [0, 0.1) is 0 Å². The van der Waals surface area contributed by atoms with Crippen LogP contribution in [0.1, 0.15) is 23.3 Å². The van der Waals surface area contributed by atoms with Crippen LogP contribution in [-0.4, -0.2) is 22.4 Å². The van der Waals surface area contributed by atoms with Crippen LogP contribution in [0.4, 0.5) is 0 Å². The lowest BCUT2D eigenvalue weighted by Crippen LogP contribution is -2.29. The summed E-state index contributed by atoms with van der Waals surface area (Å²) in [4.78, 5) is 0. The number of benzene rings is 4. The molecule has 0 radical (unpaired) electrons. The molecule has 0 bridgehead atoms. The third-order valence-electron chi connectivity index (χ3n) is 5.75. The highest BCUT2D eigenvalue weighted by Crippen LogP contribution is 2.53. The molecule has 25 heavy (non-hydrogen) atoms. The lowest BCUT2D eigenvalue weighted by Gasteiger charge is -2.24. The number of aliphatic hydroxyl groups excluding tert-OH is 2. The van der Waals surface area contributed by atoms with E-state index in [1.807, 2.05) is 12.1 Å². The van der Waals surface area contributed by atoms with Crippen molar-refractivity contribution in [3.05, 3.63) is 71.8 Å². The Hall–Kier alpha value is -2.46. The van der Waals surface area contributed by atoms with Gasteiger partial charge in [0.1, 0.15) is 24.4 Å². The standard InChI is InChI=1S/C22H16O3/c23-19-15-8-7-13-9-16-12(6-5-11-3-1-2-4-14(11)16)10-17(13)18(15)21-22(25-21)20(19)24/h1-10,19-24H/t19-,20+,21-,22+/m0/s1. The minimum atomic E-state index is -0.879. The van der Waals surface area contributed by atoms with Crippen molar-refractivity contribution in [1.29, 1.82) is 0 Å². The maximum atomic E-state index is 10.4. The molecule has 3 heteroatoms. The second-order valence-electron chi connectivity index (χ2n) is 7.11. The average molecular weight is 328 g/mol. The first kappa shape index (κ1) is 13.8. The van der Waals surface area contributed by atoms with Gasteiger partial charge in [-0.25, -0.2) is 0 Å². The van der Waals surface area contributed by atoms with E-state index in [1.165, 1.54) is 21.5 Å². The van der Waals surface area contributed by atoms with Gasteiger partial charge in [-0.1, -0.05) is 48.5 Å². The van der Waals surface area contributed by atoms with Gasteiger partial charge < -0.3 is 14.9 Å². The van der Waals surface area contributed by atoms with E-state index in [4.69, 9.17) is 4.74 Å². The Morgan fingerprint density at radius 3 is 2.36 bits per heavy atom. The van der Waals surface area contributed by atoms with Gasteiger partial charge in [-0.15, -0.1) is 0 Å². The fourth-order valence-corrected chi connectivity index (χ4v) is 4.42. The molecule has 4 atom stereocenters. The Kier molecular flexibility index (Phi) is 2.53. The molecule has 0 spiro atoms. The van der Waals surface area contributed by atoms with Gasteiger partial charge >= 0.3 is 0 Å². The van der Waals surface area contributed by atoms with E-state index in [0.717, 1.165) is 21.9 Å². The zero-order valence-electron chi connectivity index (χ0n) is 13.4. The van der Waals surface area contributed by atoms with Crippen LogP contribution in [0.3, 0.4) is 0 Å². The quantitative estimate of drug-likeness (QED) is 0.291. The fraction of sp³-hybridized carbons (Fsp3) is 0.182. The molecule has 1 saturated heterocycles. The number of fused-ring (bicyclic) bond motifs is 8. The number of hydrogen-bond acceptors (Lipinski definition) is 3. The van der Waals surface area contributed by atoms with Crippen LogP contribution in [0.5, 0.6) is 0 Å². The lowest BCUT2D eigenvalue weighted by molar-refractivity contribution is 0.000106. The summed E-state index contributed by atoms with van der Waals surface area (Å²) in [6.45, 7) is 0. The van der Waals surface area contributed by atoms with Crippen LogP contribution < -0.4 is 0 Å². The molecule has 6 rings (SSSR count). The topological polar surface area (TPSA) is 53.0 Å². The van der Waals surface area contributed by atoms with E-state index in [0.29, 0.717) is 0 Å². The van der Waals surface area contributed by atoms with Crippen molar-refractivity contribution in [1.82, 2.24) is 0 Å².